The fourth-order valence-electron chi connectivity index (χ4n) is 4.57. The Hall–Kier alpha value is -3.18. The number of anilines is 1. The lowest BCUT2D eigenvalue weighted by atomic mass is 10.0. The Bertz CT molecular complexity index is 1260. The third kappa shape index (κ3) is 5.09. The number of aryl methyl sites for hydroxylation is 6. The molecule has 2 N–H and O–H groups in total. The number of hydrogen-bond donors (Lipinski definition) is 2. The van der Waals surface area contributed by atoms with Crippen LogP contribution in [0.2, 0.25) is 0 Å². The highest BCUT2D eigenvalue weighted by Crippen LogP contribution is 2.28. The van der Waals surface area contributed by atoms with Gasteiger partial charge in [0.1, 0.15) is 11.8 Å². The van der Waals surface area contributed by atoms with Crippen molar-refractivity contribution in [3.63, 3.8) is 0 Å². The summed E-state index contributed by atoms with van der Waals surface area (Å²) >= 11 is 0. The Morgan fingerprint density at radius 3 is 2.27 bits per heavy atom. The first kappa shape index (κ1) is 23.0. The number of imidazole rings is 1. The second-order valence-corrected chi connectivity index (χ2v) is 9.19. The number of nitrogens with zero attached hydrogens (tertiary/aromatic N) is 3. The summed E-state index contributed by atoms with van der Waals surface area (Å²) in [5.41, 5.74) is 12.8. The van der Waals surface area contributed by atoms with E-state index in [4.69, 9.17) is 9.97 Å². The van der Waals surface area contributed by atoms with Crippen LogP contribution in [0.4, 0.5) is 5.69 Å². The molecule has 33 heavy (non-hydrogen) atoms. The van der Waals surface area contributed by atoms with E-state index in [1.54, 1.807) is 0 Å². The van der Waals surface area contributed by atoms with E-state index in [0.29, 0.717) is 0 Å². The minimum atomic E-state index is 0.834. The SMILES string of the molecule is Cc1cc(C)c(-n2cnc3c(NCCNCCc4ccc(C)c(C)c4)cc(C)nc32)c(C)c1. The lowest BCUT2D eigenvalue weighted by Gasteiger charge is -2.14. The van der Waals surface area contributed by atoms with Crippen LogP contribution in [0.3, 0.4) is 0 Å². The number of aromatic nitrogens is 3. The highest BCUT2D eigenvalue weighted by atomic mass is 15.1. The Kier molecular flexibility index (Phi) is 6.80. The summed E-state index contributed by atoms with van der Waals surface area (Å²) < 4.78 is 2.12. The molecule has 0 radical (unpaired) electrons. The smallest absolute Gasteiger partial charge is 0.166 e. The van der Waals surface area contributed by atoms with Crippen molar-refractivity contribution in [2.75, 3.05) is 25.0 Å². The molecule has 2 aromatic carbocycles. The van der Waals surface area contributed by atoms with E-state index in [1.807, 2.05) is 13.3 Å². The summed E-state index contributed by atoms with van der Waals surface area (Å²) in [6.45, 7) is 15.5. The lowest BCUT2D eigenvalue weighted by molar-refractivity contribution is 0.699. The van der Waals surface area contributed by atoms with Gasteiger partial charge in [-0.3, -0.25) is 4.57 Å². The molecule has 0 saturated heterocycles. The zero-order valence-electron chi connectivity index (χ0n) is 20.7. The van der Waals surface area contributed by atoms with E-state index >= 15 is 0 Å². The molecule has 0 spiro atoms. The van der Waals surface area contributed by atoms with E-state index in [0.717, 1.165) is 48.6 Å². The van der Waals surface area contributed by atoms with E-state index in [-0.39, 0.29) is 0 Å². The summed E-state index contributed by atoms with van der Waals surface area (Å²) in [6, 6.07) is 13.2. The number of hydrogen-bond acceptors (Lipinski definition) is 4. The standard InChI is InChI=1S/C28H35N5/c1-18-13-21(4)27(22(5)14-18)33-17-31-26-25(16-23(6)32-28(26)33)30-12-11-29-10-9-24-8-7-19(2)20(3)15-24/h7-8,13-17,29H,9-12H2,1-6H3,(H,30,32). The monoisotopic (exact) mass is 441 g/mol. The highest BCUT2D eigenvalue weighted by molar-refractivity contribution is 5.87. The average Bonchev–Trinajstić information content (AvgIpc) is 3.15. The van der Waals surface area contributed by atoms with Gasteiger partial charge >= 0.3 is 0 Å². The molecule has 172 valence electrons. The zero-order chi connectivity index (χ0) is 23.5. The molecule has 2 aromatic heterocycles. The molecule has 0 bridgehead atoms. The molecule has 0 amide bonds. The van der Waals surface area contributed by atoms with Crippen molar-refractivity contribution in [3.8, 4) is 5.69 Å². The molecule has 4 rings (SSSR count). The summed E-state index contributed by atoms with van der Waals surface area (Å²) in [5, 5.41) is 7.12. The van der Waals surface area contributed by atoms with Crippen molar-refractivity contribution in [1.29, 1.82) is 0 Å². The molecular weight excluding hydrogens is 406 g/mol. The Morgan fingerprint density at radius 1 is 0.788 bits per heavy atom. The number of pyridine rings is 1. The van der Waals surface area contributed by atoms with Crippen LogP contribution in [-0.2, 0) is 6.42 Å². The fourth-order valence-corrected chi connectivity index (χ4v) is 4.57. The van der Waals surface area contributed by atoms with Crippen molar-refractivity contribution in [1.82, 2.24) is 19.9 Å². The summed E-state index contributed by atoms with van der Waals surface area (Å²) in [6.07, 6.45) is 2.94. The molecule has 0 aliphatic heterocycles. The van der Waals surface area contributed by atoms with Crippen molar-refractivity contribution >= 4 is 16.9 Å². The predicted octanol–water partition coefficient (Wildman–Crippen LogP) is 5.52. The van der Waals surface area contributed by atoms with Crippen molar-refractivity contribution in [2.45, 2.75) is 48.0 Å². The van der Waals surface area contributed by atoms with Crippen LogP contribution < -0.4 is 10.6 Å². The average molecular weight is 442 g/mol. The Labute approximate surface area is 197 Å². The minimum Gasteiger partial charge on any atom is -0.382 e. The van der Waals surface area contributed by atoms with Crippen LogP contribution in [-0.4, -0.2) is 34.2 Å². The van der Waals surface area contributed by atoms with Gasteiger partial charge in [0.15, 0.2) is 5.65 Å². The van der Waals surface area contributed by atoms with Gasteiger partial charge in [0.25, 0.3) is 0 Å². The Balaban J connectivity index is 1.42. The first-order valence-corrected chi connectivity index (χ1v) is 11.8. The number of fused-ring (bicyclic) bond motifs is 1. The maximum Gasteiger partial charge on any atom is 0.166 e. The molecule has 0 unspecified atom stereocenters. The first-order chi connectivity index (χ1) is 15.8. The molecule has 5 nitrogen and oxygen atoms in total. The van der Waals surface area contributed by atoms with E-state index in [2.05, 4.69) is 86.2 Å². The quantitative estimate of drug-likeness (QED) is 0.354. The summed E-state index contributed by atoms with van der Waals surface area (Å²) in [5.74, 6) is 0. The Morgan fingerprint density at radius 2 is 1.55 bits per heavy atom. The molecule has 0 saturated carbocycles. The molecule has 4 aromatic rings. The molecular formula is C28H35N5. The van der Waals surface area contributed by atoms with Crippen LogP contribution in [0.5, 0.6) is 0 Å². The van der Waals surface area contributed by atoms with Gasteiger partial charge in [-0.05, 0) is 88.4 Å². The maximum absolute atomic E-state index is 4.83. The molecule has 0 aliphatic carbocycles. The maximum atomic E-state index is 4.83. The summed E-state index contributed by atoms with van der Waals surface area (Å²) in [4.78, 5) is 9.55. The fraction of sp³-hybridized carbons (Fsp3) is 0.357. The largest absolute Gasteiger partial charge is 0.382 e. The number of rotatable bonds is 8. The van der Waals surface area contributed by atoms with Crippen LogP contribution >= 0.6 is 0 Å². The molecule has 0 aliphatic rings. The second-order valence-electron chi connectivity index (χ2n) is 9.19. The predicted molar refractivity (Wildman–Crippen MR) is 139 cm³/mol. The number of benzene rings is 2. The van der Waals surface area contributed by atoms with Gasteiger partial charge in [-0.25, -0.2) is 9.97 Å². The third-order valence-electron chi connectivity index (χ3n) is 6.29. The van der Waals surface area contributed by atoms with Crippen LogP contribution in [0, 0.1) is 41.5 Å². The van der Waals surface area contributed by atoms with Crippen molar-refractivity contribution in [2.24, 2.45) is 0 Å². The molecule has 0 atom stereocenters. The second kappa shape index (κ2) is 9.75. The highest BCUT2D eigenvalue weighted by Gasteiger charge is 2.14. The molecule has 2 heterocycles. The normalized spacial score (nSPS) is 11.3. The van der Waals surface area contributed by atoms with Gasteiger partial charge in [0.2, 0.25) is 0 Å². The van der Waals surface area contributed by atoms with Crippen LogP contribution in [0.15, 0.2) is 42.7 Å². The van der Waals surface area contributed by atoms with Gasteiger partial charge in [0, 0.05) is 18.8 Å². The van der Waals surface area contributed by atoms with Gasteiger partial charge in [-0.2, -0.15) is 0 Å². The van der Waals surface area contributed by atoms with Gasteiger partial charge < -0.3 is 10.6 Å². The van der Waals surface area contributed by atoms with Gasteiger partial charge in [0.05, 0.1) is 11.4 Å². The minimum absolute atomic E-state index is 0.834. The van der Waals surface area contributed by atoms with Gasteiger partial charge in [-0.1, -0.05) is 35.9 Å². The van der Waals surface area contributed by atoms with E-state index in [1.165, 1.54) is 39.1 Å². The molecule has 0 fully saturated rings. The van der Waals surface area contributed by atoms with Crippen LogP contribution in [0.1, 0.15) is 39.1 Å². The summed E-state index contributed by atoms with van der Waals surface area (Å²) in [7, 11) is 0. The van der Waals surface area contributed by atoms with Crippen molar-refractivity contribution < 1.29 is 0 Å². The van der Waals surface area contributed by atoms with Gasteiger partial charge in [-0.15, -0.1) is 0 Å². The zero-order valence-corrected chi connectivity index (χ0v) is 20.7. The van der Waals surface area contributed by atoms with Crippen LogP contribution in [0.25, 0.3) is 16.9 Å². The molecule has 5 heteroatoms. The first-order valence-electron chi connectivity index (χ1n) is 11.8. The van der Waals surface area contributed by atoms with Crippen molar-refractivity contribution in [3.05, 3.63) is 81.8 Å². The number of nitrogens with one attached hydrogen (secondary N) is 2. The third-order valence-corrected chi connectivity index (χ3v) is 6.29. The van der Waals surface area contributed by atoms with E-state index < -0.39 is 0 Å². The van der Waals surface area contributed by atoms with E-state index in [9.17, 15) is 0 Å². The lowest BCUT2D eigenvalue weighted by Crippen LogP contribution is -2.24. The topological polar surface area (TPSA) is 54.8 Å².